The molecule has 2 aromatic rings. The summed E-state index contributed by atoms with van der Waals surface area (Å²) in [6, 6.07) is 8.60. The molecule has 0 heterocycles. The second-order valence-electron chi connectivity index (χ2n) is 4.36. The Morgan fingerprint density at radius 3 is 2.47 bits per heavy atom. The summed E-state index contributed by atoms with van der Waals surface area (Å²) >= 11 is 0. The number of carboxylic acid groups (broad SMARTS) is 1. The average molecular weight is 262 g/mol. The van der Waals surface area contributed by atoms with Crippen molar-refractivity contribution in [3.63, 3.8) is 0 Å². The quantitative estimate of drug-likeness (QED) is 0.918. The maximum Gasteiger partial charge on any atom is 0.307 e. The van der Waals surface area contributed by atoms with E-state index in [1.807, 2.05) is 6.92 Å². The first kappa shape index (κ1) is 13.2. The molecule has 0 radical (unpaired) electrons. The van der Waals surface area contributed by atoms with E-state index >= 15 is 0 Å². The molecule has 0 aliphatic rings. The van der Waals surface area contributed by atoms with Crippen molar-refractivity contribution in [2.24, 2.45) is 0 Å². The molecule has 2 rings (SSSR count). The van der Waals surface area contributed by atoms with Crippen LogP contribution >= 0.6 is 0 Å². The number of carbonyl (C=O) groups is 1. The molecule has 1 N–H and O–H groups in total. The number of rotatable bonds is 3. The van der Waals surface area contributed by atoms with Crippen molar-refractivity contribution in [1.82, 2.24) is 0 Å². The van der Waals surface area contributed by atoms with Crippen LogP contribution in [0.3, 0.4) is 0 Å². The normalized spacial score (nSPS) is 10.5. The third-order valence-electron chi connectivity index (χ3n) is 2.82. The number of aliphatic carboxylic acids is 1. The van der Waals surface area contributed by atoms with Gasteiger partial charge in [0.15, 0.2) is 0 Å². The van der Waals surface area contributed by atoms with Crippen LogP contribution in [0, 0.1) is 18.6 Å². The van der Waals surface area contributed by atoms with Gasteiger partial charge < -0.3 is 5.11 Å². The summed E-state index contributed by atoms with van der Waals surface area (Å²) in [6.07, 6.45) is -0.424. The van der Waals surface area contributed by atoms with Gasteiger partial charge in [0.2, 0.25) is 0 Å². The molecule has 0 aliphatic carbocycles. The Morgan fingerprint density at radius 2 is 1.79 bits per heavy atom. The molecule has 0 unspecified atom stereocenters. The van der Waals surface area contributed by atoms with Crippen LogP contribution in [0.1, 0.15) is 11.1 Å². The van der Waals surface area contributed by atoms with Crippen LogP contribution in [0.5, 0.6) is 0 Å². The Labute approximate surface area is 109 Å². The molecule has 0 atom stereocenters. The lowest BCUT2D eigenvalue weighted by Gasteiger charge is -2.07. The standard InChI is InChI=1S/C15H12F2O2/c1-9-2-4-14(17)12(6-9)10-3-5-13(16)11(7-10)8-15(18)19/h2-7H,8H2,1H3,(H,18,19). The maximum atomic E-state index is 13.7. The van der Waals surface area contributed by atoms with Gasteiger partial charge in [-0.25, -0.2) is 8.78 Å². The smallest absolute Gasteiger partial charge is 0.307 e. The largest absolute Gasteiger partial charge is 0.481 e. The summed E-state index contributed by atoms with van der Waals surface area (Å²) in [5.74, 6) is -2.14. The molecule has 0 saturated carbocycles. The van der Waals surface area contributed by atoms with Crippen LogP contribution in [0.25, 0.3) is 11.1 Å². The Morgan fingerprint density at radius 1 is 1.11 bits per heavy atom. The van der Waals surface area contributed by atoms with Crippen LogP contribution in [0.15, 0.2) is 36.4 Å². The van der Waals surface area contributed by atoms with E-state index in [9.17, 15) is 13.6 Å². The first-order valence-electron chi connectivity index (χ1n) is 5.74. The molecule has 2 aromatic carbocycles. The summed E-state index contributed by atoms with van der Waals surface area (Å²) in [5, 5.41) is 8.71. The van der Waals surface area contributed by atoms with Gasteiger partial charge in [0.25, 0.3) is 0 Å². The zero-order valence-electron chi connectivity index (χ0n) is 10.3. The molecule has 0 bridgehead atoms. The van der Waals surface area contributed by atoms with Crippen LogP contribution in [0.4, 0.5) is 8.78 Å². The first-order chi connectivity index (χ1) is 8.97. The minimum absolute atomic E-state index is 0.0471. The van der Waals surface area contributed by atoms with E-state index in [4.69, 9.17) is 5.11 Å². The van der Waals surface area contributed by atoms with Gasteiger partial charge in [0.05, 0.1) is 6.42 Å². The second kappa shape index (κ2) is 5.18. The molecule has 0 aliphatic heterocycles. The second-order valence-corrected chi connectivity index (χ2v) is 4.36. The topological polar surface area (TPSA) is 37.3 Å². The van der Waals surface area contributed by atoms with Gasteiger partial charge in [-0.05, 0) is 42.3 Å². The van der Waals surface area contributed by atoms with Gasteiger partial charge in [-0.3, -0.25) is 4.79 Å². The SMILES string of the molecule is Cc1ccc(F)c(-c2ccc(F)c(CC(=O)O)c2)c1. The highest BCUT2D eigenvalue weighted by Crippen LogP contribution is 2.26. The van der Waals surface area contributed by atoms with E-state index in [2.05, 4.69) is 0 Å². The molecule has 98 valence electrons. The molecule has 2 nitrogen and oxygen atoms in total. The fraction of sp³-hybridized carbons (Fsp3) is 0.133. The monoisotopic (exact) mass is 262 g/mol. The van der Waals surface area contributed by atoms with Crippen molar-refractivity contribution in [3.05, 3.63) is 59.2 Å². The van der Waals surface area contributed by atoms with Crippen molar-refractivity contribution >= 4 is 5.97 Å². The number of aryl methyl sites for hydroxylation is 1. The molecule has 4 heteroatoms. The number of benzene rings is 2. The number of hydrogen-bond acceptors (Lipinski definition) is 1. The van der Waals surface area contributed by atoms with Gasteiger partial charge in [-0.1, -0.05) is 17.7 Å². The van der Waals surface area contributed by atoms with E-state index in [0.29, 0.717) is 11.1 Å². The minimum atomic E-state index is -1.12. The highest BCUT2D eigenvalue weighted by atomic mass is 19.1. The van der Waals surface area contributed by atoms with Crippen molar-refractivity contribution < 1.29 is 18.7 Å². The first-order valence-corrected chi connectivity index (χ1v) is 5.74. The fourth-order valence-electron chi connectivity index (χ4n) is 1.90. The Kier molecular flexibility index (Phi) is 3.60. The summed E-state index contributed by atoms with van der Waals surface area (Å²) < 4.78 is 27.2. The minimum Gasteiger partial charge on any atom is -0.481 e. The summed E-state index contributed by atoms with van der Waals surface area (Å²) in [4.78, 5) is 10.6. The van der Waals surface area contributed by atoms with Crippen LogP contribution < -0.4 is 0 Å². The van der Waals surface area contributed by atoms with E-state index in [1.54, 1.807) is 12.1 Å². The van der Waals surface area contributed by atoms with Gasteiger partial charge in [0, 0.05) is 5.56 Å². The summed E-state index contributed by atoms with van der Waals surface area (Å²) in [7, 11) is 0. The Balaban J connectivity index is 2.51. The number of carboxylic acids is 1. The summed E-state index contributed by atoms with van der Waals surface area (Å²) in [5.41, 5.74) is 1.73. The predicted octanol–water partition coefficient (Wildman–Crippen LogP) is 3.57. The molecule has 0 saturated heterocycles. The van der Waals surface area contributed by atoms with Crippen molar-refractivity contribution in [3.8, 4) is 11.1 Å². The third-order valence-corrected chi connectivity index (χ3v) is 2.82. The lowest BCUT2D eigenvalue weighted by atomic mass is 9.99. The lowest BCUT2D eigenvalue weighted by molar-refractivity contribution is -0.136. The Bertz CT molecular complexity index is 636. The van der Waals surface area contributed by atoms with E-state index < -0.39 is 24.0 Å². The van der Waals surface area contributed by atoms with E-state index in [0.717, 1.165) is 11.6 Å². The van der Waals surface area contributed by atoms with Gasteiger partial charge in [-0.2, -0.15) is 0 Å². The van der Waals surface area contributed by atoms with Crippen LogP contribution in [-0.2, 0) is 11.2 Å². The van der Waals surface area contributed by atoms with Gasteiger partial charge in [0.1, 0.15) is 11.6 Å². The third kappa shape index (κ3) is 2.96. The van der Waals surface area contributed by atoms with Crippen molar-refractivity contribution in [2.75, 3.05) is 0 Å². The molecular weight excluding hydrogens is 250 g/mol. The van der Waals surface area contributed by atoms with Crippen molar-refractivity contribution in [1.29, 1.82) is 0 Å². The lowest BCUT2D eigenvalue weighted by Crippen LogP contribution is -2.02. The maximum absolute atomic E-state index is 13.7. The number of halogens is 2. The molecule has 0 aromatic heterocycles. The average Bonchev–Trinajstić information content (AvgIpc) is 2.34. The molecular formula is C15H12F2O2. The zero-order valence-corrected chi connectivity index (χ0v) is 10.3. The molecule has 0 spiro atoms. The van der Waals surface area contributed by atoms with Gasteiger partial charge >= 0.3 is 5.97 Å². The van der Waals surface area contributed by atoms with E-state index in [1.165, 1.54) is 18.2 Å². The predicted molar refractivity (Wildman–Crippen MR) is 67.9 cm³/mol. The summed E-state index contributed by atoms with van der Waals surface area (Å²) in [6.45, 7) is 1.82. The molecule has 0 fully saturated rings. The fourth-order valence-corrected chi connectivity index (χ4v) is 1.90. The highest BCUT2D eigenvalue weighted by molar-refractivity contribution is 5.72. The highest BCUT2D eigenvalue weighted by Gasteiger charge is 2.11. The van der Waals surface area contributed by atoms with Crippen LogP contribution in [0.2, 0.25) is 0 Å². The molecule has 19 heavy (non-hydrogen) atoms. The van der Waals surface area contributed by atoms with Crippen molar-refractivity contribution in [2.45, 2.75) is 13.3 Å². The number of hydrogen-bond donors (Lipinski definition) is 1. The molecule has 0 amide bonds. The Hall–Kier alpha value is -2.23. The van der Waals surface area contributed by atoms with E-state index in [-0.39, 0.29) is 5.56 Å². The van der Waals surface area contributed by atoms with Crippen LogP contribution in [-0.4, -0.2) is 11.1 Å². The zero-order chi connectivity index (χ0) is 14.0. The van der Waals surface area contributed by atoms with Gasteiger partial charge in [-0.15, -0.1) is 0 Å².